The Kier molecular flexibility index (Phi) is 8.50. The van der Waals surface area contributed by atoms with Gasteiger partial charge in [0.1, 0.15) is 0 Å². The van der Waals surface area contributed by atoms with Crippen LogP contribution in [0.4, 0.5) is 5.69 Å². The number of amides is 2. The molecule has 0 spiro atoms. The van der Waals surface area contributed by atoms with Gasteiger partial charge in [-0.2, -0.15) is 0 Å². The van der Waals surface area contributed by atoms with E-state index in [1.807, 2.05) is 23.1 Å². The Bertz CT molecular complexity index is 764. The number of nitrogens with zero attached hydrogens (tertiary/aromatic N) is 3. The van der Waals surface area contributed by atoms with Gasteiger partial charge in [0.25, 0.3) is 5.91 Å². The van der Waals surface area contributed by atoms with Crippen LogP contribution in [0.5, 0.6) is 0 Å². The number of benzene rings is 1. The summed E-state index contributed by atoms with van der Waals surface area (Å²) in [4.78, 5) is 31.7. The van der Waals surface area contributed by atoms with Gasteiger partial charge in [-0.15, -0.1) is 0 Å². The van der Waals surface area contributed by atoms with E-state index in [1.165, 1.54) is 19.3 Å². The second kappa shape index (κ2) is 11.1. The van der Waals surface area contributed by atoms with Crippen molar-refractivity contribution < 1.29 is 14.7 Å². The van der Waals surface area contributed by atoms with E-state index in [1.54, 1.807) is 11.8 Å². The van der Waals surface area contributed by atoms with Gasteiger partial charge in [-0.1, -0.05) is 19.3 Å². The van der Waals surface area contributed by atoms with Gasteiger partial charge in [-0.05, 0) is 69.8 Å². The molecule has 0 aromatic heterocycles. The Balaban J connectivity index is 1.95. The van der Waals surface area contributed by atoms with Crippen LogP contribution in [0.2, 0.25) is 0 Å². The normalized spacial score (nSPS) is 21.9. The highest BCUT2D eigenvalue weighted by atomic mass is 16.3. The maximum absolute atomic E-state index is 13.2. The van der Waals surface area contributed by atoms with Gasteiger partial charge in [0, 0.05) is 50.4 Å². The topological polar surface area (TPSA) is 64.1 Å². The van der Waals surface area contributed by atoms with Crippen molar-refractivity contribution in [1.82, 2.24) is 9.80 Å². The third-order valence-corrected chi connectivity index (χ3v) is 6.61. The summed E-state index contributed by atoms with van der Waals surface area (Å²) in [6.07, 6.45) is 6.88. The van der Waals surface area contributed by atoms with E-state index in [0.717, 1.165) is 56.6 Å². The number of hydrogen-bond donors (Lipinski definition) is 1. The quantitative estimate of drug-likeness (QED) is 0.776. The third-order valence-electron chi connectivity index (χ3n) is 6.61. The van der Waals surface area contributed by atoms with Crippen molar-refractivity contribution in [2.45, 2.75) is 84.4 Å². The number of carbonyl (C=O) groups excluding carboxylic acids is 2. The molecule has 6 heteroatoms. The van der Waals surface area contributed by atoms with Crippen molar-refractivity contribution in [2.24, 2.45) is 0 Å². The number of carbonyl (C=O) groups is 2. The van der Waals surface area contributed by atoms with E-state index in [4.69, 9.17) is 0 Å². The molecule has 0 radical (unpaired) electrons. The molecule has 3 rings (SSSR count). The molecule has 0 bridgehead atoms. The molecular formula is C25H39N3O3. The minimum absolute atomic E-state index is 0.0295. The van der Waals surface area contributed by atoms with E-state index < -0.39 is 6.10 Å². The zero-order chi connectivity index (χ0) is 22.4. The molecular weight excluding hydrogens is 390 g/mol. The molecule has 1 N–H and O–H groups in total. The average molecular weight is 430 g/mol. The SMILES string of the molecule is CC(=O)N1CCCCCCCN(C(C)C)Cc2cc(C(=O)N3CCCC(O)C3)ccc21. The van der Waals surface area contributed by atoms with E-state index in [2.05, 4.69) is 18.7 Å². The Morgan fingerprint density at radius 2 is 1.71 bits per heavy atom. The second-order valence-corrected chi connectivity index (χ2v) is 9.39. The summed E-state index contributed by atoms with van der Waals surface area (Å²) in [6.45, 7) is 9.59. The van der Waals surface area contributed by atoms with Crippen LogP contribution >= 0.6 is 0 Å². The highest BCUT2D eigenvalue weighted by Gasteiger charge is 2.25. The fourth-order valence-electron chi connectivity index (χ4n) is 4.73. The molecule has 1 unspecified atom stereocenters. The van der Waals surface area contributed by atoms with Crippen LogP contribution in [-0.2, 0) is 11.3 Å². The predicted molar refractivity (Wildman–Crippen MR) is 124 cm³/mol. The summed E-state index contributed by atoms with van der Waals surface area (Å²) >= 11 is 0. The Morgan fingerprint density at radius 1 is 1.00 bits per heavy atom. The van der Waals surface area contributed by atoms with Crippen LogP contribution < -0.4 is 4.90 Å². The van der Waals surface area contributed by atoms with Crippen LogP contribution in [0, 0.1) is 0 Å². The van der Waals surface area contributed by atoms with Crippen LogP contribution in [0.1, 0.15) is 81.6 Å². The van der Waals surface area contributed by atoms with Gasteiger partial charge in [-0.3, -0.25) is 14.5 Å². The molecule has 31 heavy (non-hydrogen) atoms. The summed E-state index contributed by atoms with van der Waals surface area (Å²) in [7, 11) is 0. The average Bonchev–Trinajstić information content (AvgIpc) is 2.73. The predicted octanol–water partition coefficient (Wildman–Crippen LogP) is 3.81. The second-order valence-electron chi connectivity index (χ2n) is 9.39. The van der Waals surface area contributed by atoms with E-state index >= 15 is 0 Å². The van der Waals surface area contributed by atoms with Crippen LogP contribution in [0.15, 0.2) is 18.2 Å². The lowest BCUT2D eigenvalue weighted by molar-refractivity contribution is -0.116. The van der Waals surface area contributed by atoms with Gasteiger partial charge in [0.2, 0.25) is 5.91 Å². The van der Waals surface area contributed by atoms with Crippen molar-refractivity contribution in [1.29, 1.82) is 0 Å². The fraction of sp³-hybridized carbons (Fsp3) is 0.680. The smallest absolute Gasteiger partial charge is 0.253 e. The largest absolute Gasteiger partial charge is 0.391 e. The zero-order valence-corrected chi connectivity index (χ0v) is 19.5. The number of β-amino-alcohol motifs (C(OH)–C–C–N with tert-alkyl or cyclic N) is 1. The van der Waals surface area contributed by atoms with Gasteiger partial charge in [0.05, 0.1) is 6.10 Å². The number of fused-ring (bicyclic) bond motifs is 1. The number of aliphatic hydroxyl groups is 1. The van der Waals surface area contributed by atoms with Crippen molar-refractivity contribution in [2.75, 3.05) is 31.1 Å². The molecule has 0 saturated carbocycles. The molecule has 1 aromatic rings. The van der Waals surface area contributed by atoms with Crippen molar-refractivity contribution in [3.63, 3.8) is 0 Å². The monoisotopic (exact) mass is 429 g/mol. The summed E-state index contributed by atoms with van der Waals surface area (Å²) in [5.41, 5.74) is 2.61. The summed E-state index contributed by atoms with van der Waals surface area (Å²) in [5.74, 6) is 0.0192. The number of aliphatic hydroxyl groups excluding tert-OH is 1. The first kappa shape index (κ1) is 23.7. The zero-order valence-electron chi connectivity index (χ0n) is 19.5. The molecule has 2 amide bonds. The molecule has 1 fully saturated rings. The highest BCUT2D eigenvalue weighted by Crippen LogP contribution is 2.27. The van der Waals surface area contributed by atoms with Gasteiger partial charge in [-0.25, -0.2) is 0 Å². The lowest BCUT2D eigenvalue weighted by Gasteiger charge is -2.32. The van der Waals surface area contributed by atoms with Crippen molar-refractivity contribution in [3.05, 3.63) is 29.3 Å². The maximum Gasteiger partial charge on any atom is 0.253 e. The minimum atomic E-state index is -0.438. The number of likely N-dealkylation sites (tertiary alicyclic amines) is 1. The van der Waals surface area contributed by atoms with Gasteiger partial charge in [0.15, 0.2) is 0 Å². The molecule has 0 aliphatic carbocycles. The van der Waals surface area contributed by atoms with Crippen molar-refractivity contribution >= 4 is 17.5 Å². The summed E-state index contributed by atoms with van der Waals surface area (Å²) in [5, 5.41) is 9.99. The third kappa shape index (κ3) is 6.30. The lowest BCUT2D eigenvalue weighted by Crippen LogP contribution is -2.42. The fourth-order valence-corrected chi connectivity index (χ4v) is 4.73. The van der Waals surface area contributed by atoms with E-state index in [-0.39, 0.29) is 11.8 Å². The molecule has 2 heterocycles. The molecule has 1 atom stereocenters. The first-order chi connectivity index (χ1) is 14.9. The van der Waals surface area contributed by atoms with Crippen LogP contribution in [0.25, 0.3) is 0 Å². The Labute approximate surface area is 187 Å². The Hall–Kier alpha value is -1.92. The molecule has 172 valence electrons. The summed E-state index contributed by atoms with van der Waals surface area (Å²) < 4.78 is 0. The number of hydrogen-bond acceptors (Lipinski definition) is 4. The minimum Gasteiger partial charge on any atom is -0.391 e. The molecule has 1 saturated heterocycles. The standard InChI is InChI=1S/C25H39N3O3/c1-19(2)26-13-7-5-4-6-8-15-28(20(3)29)24-12-11-21(16-22(24)17-26)25(31)27-14-9-10-23(30)18-27/h11-12,16,19,23,30H,4-10,13-15,17-18H2,1-3H3. The van der Waals surface area contributed by atoms with Crippen LogP contribution in [0.3, 0.4) is 0 Å². The number of piperidine rings is 1. The van der Waals surface area contributed by atoms with Gasteiger partial charge >= 0.3 is 0 Å². The molecule has 2 aliphatic rings. The Morgan fingerprint density at radius 3 is 2.39 bits per heavy atom. The summed E-state index contributed by atoms with van der Waals surface area (Å²) in [6, 6.07) is 6.17. The van der Waals surface area contributed by atoms with Crippen molar-refractivity contribution in [3.8, 4) is 0 Å². The lowest BCUT2D eigenvalue weighted by atomic mass is 10.0. The maximum atomic E-state index is 13.2. The van der Waals surface area contributed by atoms with Crippen LogP contribution in [-0.4, -0.2) is 65.0 Å². The molecule has 2 aliphatic heterocycles. The van der Waals surface area contributed by atoms with E-state index in [9.17, 15) is 14.7 Å². The first-order valence-corrected chi connectivity index (χ1v) is 12.0. The molecule has 1 aromatic carbocycles. The molecule has 6 nitrogen and oxygen atoms in total. The highest BCUT2D eigenvalue weighted by molar-refractivity contribution is 5.97. The number of rotatable bonds is 2. The van der Waals surface area contributed by atoms with E-state index in [0.29, 0.717) is 24.7 Å². The first-order valence-electron chi connectivity index (χ1n) is 12.0. The van der Waals surface area contributed by atoms with Gasteiger partial charge < -0.3 is 14.9 Å². The number of anilines is 1.